The van der Waals surface area contributed by atoms with E-state index in [4.69, 9.17) is 0 Å². The van der Waals surface area contributed by atoms with Crippen molar-refractivity contribution in [2.24, 2.45) is 5.92 Å². The molecule has 17 heavy (non-hydrogen) atoms. The van der Waals surface area contributed by atoms with Crippen LogP contribution in [0.5, 0.6) is 0 Å². The standard InChI is InChI=1S/C13H20N2OS/c1-10-15-9-12(17-10)7-8-14-13(16)11-5-3-2-4-6-11/h9,11H,2-8H2,1H3,(H,14,16). The number of amides is 1. The van der Waals surface area contributed by atoms with E-state index >= 15 is 0 Å². The SMILES string of the molecule is Cc1ncc(CCNC(=O)C2CCCCC2)s1. The zero-order chi connectivity index (χ0) is 12.1. The molecule has 0 unspecified atom stereocenters. The lowest BCUT2D eigenvalue weighted by Crippen LogP contribution is -2.33. The number of thiazole rings is 1. The molecule has 4 heteroatoms. The molecule has 1 saturated carbocycles. The minimum absolute atomic E-state index is 0.255. The summed E-state index contributed by atoms with van der Waals surface area (Å²) in [6.07, 6.45) is 8.69. The quantitative estimate of drug-likeness (QED) is 0.895. The average Bonchev–Trinajstić information content (AvgIpc) is 2.76. The Balaban J connectivity index is 1.69. The van der Waals surface area contributed by atoms with E-state index in [2.05, 4.69) is 10.3 Å². The van der Waals surface area contributed by atoms with Gasteiger partial charge in [-0.2, -0.15) is 0 Å². The molecule has 1 N–H and O–H groups in total. The van der Waals surface area contributed by atoms with E-state index in [1.165, 1.54) is 24.1 Å². The third-order valence-corrected chi connectivity index (χ3v) is 4.29. The predicted octanol–water partition coefficient (Wildman–Crippen LogP) is 2.69. The number of aryl methyl sites for hydroxylation is 1. The van der Waals surface area contributed by atoms with Gasteiger partial charge < -0.3 is 5.32 Å². The van der Waals surface area contributed by atoms with Crippen molar-refractivity contribution in [1.82, 2.24) is 10.3 Å². The molecule has 0 saturated heterocycles. The largest absolute Gasteiger partial charge is 0.356 e. The summed E-state index contributed by atoms with van der Waals surface area (Å²) in [4.78, 5) is 17.3. The average molecular weight is 252 g/mol. The number of carbonyl (C=O) groups excluding carboxylic acids is 1. The molecule has 1 aliphatic rings. The van der Waals surface area contributed by atoms with E-state index in [0.717, 1.165) is 30.8 Å². The van der Waals surface area contributed by atoms with Crippen LogP contribution in [0.2, 0.25) is 0 Å². The molecule has 1 amide bonds. The van der Waals surface area contributed by atoms with Crippen LogP contribution in [0.25, 0.3) is 0 Å². The lowest BCUT2D eigenvalue weighted by atomic mass is 9.89. The van der Waals surface area contributed by atoms with Crippen molar-refractivity contribution in [3.8, 4) is 0 Å². The second-order valence-electron chi connectivity index (χ2n) is 4.72. The van der Waals surface area contributed by atoms with Crippen LogP contribution in [0.1, 0.15) is 42.0 Å². The smallest absolute Gasteiger partial charge is 0.223 e. The number of hydrogen-bond acceptors (Lipinski definition) is 3. The third-order valence-electron chi connectivity index (χ3n) is 3.32. The molecule has 0 bridgehead atoms. The highest BCUT2D eigenvalue weighted by molar-refractivity contribution is 7.11. The molecule has 0 atom stereocenters. The van der Waals surface area contributed by atoms with Gasteiger partial charge in [0.05, 0.1) is 5.01 Å². The summed E-state index contributed by atoms with van der Waals surface area (Å²) < 4.78 is 0. The Hall–Kier alpha value is -0.900. The van der Waals surface area contributed by atoms with E-state index < -0.39 is 0 Å². The number of hydrogen-bond donors (Lipinski definition) is 1. The van der Waals surface area contributed by atoms with Gasteiger partial charge in [0.1, 0.15) is 0 Å². The van der Waals surface area contributed by atoms with Gasteiger partial charge >= 0.3 is 0 Å². The Kier molecular flexibility index (Phi) is 4.54. The highest BCUT2D eigenvalue weighted by Crippen LogP contribution is 2.23. The van der Waals surface area contributed by atoms with Gasteiger partial charge in [0.15, 0.2) is 0 Å². The van der Waals surface area contributed by atoms with Crippen molar-refractivity contribution in [3.63, 3.8) is 0 Å². The van der Waals surface area contributed by atoms with Gasteiger partial charge in [0, 0.05) is 30.0 Å². The summed E-state index contributed by atoms with van der Waals surface area (Å²) in [6.45, 7) is 2.76. The van der Waals surface area contributed by atoms with Crippen LogP contribution in [0.15, 0.2) is 6.20 Å². The number of carbonyl (C=O) groups is 1. The van der Waals surface area contributed by atoms with Crippen molar-refractivity contribution in [2.45, 2.75) is 45.4 Å². The molecule has 0 spiro atoms. The third kappa shape index (κ3) is 3.80. The lowest BCUT2D eigenvalue weighted by molar-refractivity contribution is -0.125. The predicted molar refractivity (Wildman–Crippen MR) is 70.1 cm³/mol. The van der Waals surface area contributed by atoms with Gasteiger partial charge in [0.25, 0.3) is 0 Å². The van der Waals surface area contributed by atoms with E-state index in [1.807, 2.05) is 13.1 Å². The normalized spacial score (nSPS) is 17.0. The maximum Gasteiger partial charge on any atom is 0.223 e. The van der Waals surface area contributed by atoms with Crippen molar-refractivity contribution in [1.29, 1.82) is 0 Å². The van der Waals surface area contributed by atoms with Crippen LogP contribution in [-0.4, -0.2) is 17.4 Å². The van der Waals surface area contributed by atoms with E-state index in [9.17, 15) is 4.79 Å². The second-order valence-corrected chi connectivity index (χ2v) is 6.04. The Labute approximate surface area is 107 Å². The van der Waals surface area contributed by atoms with Crippen molar-refractivity contribution >= 4 is 17.2 Å². The molecular weight excluding hydrogens is 232 g/mol. The van der Waals surface area contributed by atoms with Crippen LogP contribution >= 0.6 is 11.3 Å². The van der Waals surface area contributed by atoms with E-state index in [1.54, 1.807) is 11.3 Å². The molecule has 1 aliphatic carbocycles. The molecule has 1 aromatic rings. The molecule has 3 nitrogen and oxygen atoms in total. The monoisotopic (exact) mass is 252 g/mol. The molecule has 0 aliphatic heterocycles. The maximum atomic E-state index is 11.9. The Bertz CT molecular complexity index is 369. The molecule has 1 aromatic heterocycles. The Morgan fingerprint density at radius 2 is 2.24 bits per heavy atom. The molecule has 0 radical (unpaired) electrons. The Morgan fingerprint density at radius 1 is 1.47 bits per heavy atom. The van der Waals surface area contributed by atoms with Crippen molar-refractivity contribution in [2.75, 3.05) is 6.54 Å². The molecule has 1 fully saturated rings. The van der Waals surface area contributed by atoms with Gasteiger partial charge in [0.2, 0.25) is 5.91 Å². The number of nitrogens with one attached hydrogen (secondary N) is 1. The highest BCUT2D eigenvalue weighted by atomic mass is 32.1. The summed E-state index contributed by atoms with van der Waals surface area (Å²) in [5.41, 5.74) is 0. The van der Waals surface area contributed by atoms with Crippen LogP contribution in [0, 0.1) is 12.8 Å². The molecular formula is C13H20N2OS. The second kappa shape index (κ2) is 6.15. The van der Waals surface area contributed by atoms with E-state index in [0.29, 0.717) is 0 Å². The zero-order valence-electron chi connectivity index (χ0n) is 10.4. The first kappa shape index (κ1) is 12.6. The summed E-state index contributed by atoms with van der Waals surface area (Å²) in [7, 11) is 0. The van der Waals surface area contributed by atoms with Crippen LogP contribution in [0.3, 0.4) is 0 Å². The molecule has 2 rings (SSSR count). The molecule has 0 aromatic carbocycles. The van der Waals surface area contributed by atoms with Crippen LogP contribution in [0.4, 0.5) is 0 Å². The van der Waals surface area contributed by atoms with E-state index in [-0.39, 0.29) is 11.8 Å². The van der Waals surface area contributed by atoms with Gasteiger partial charge in [-0.1, -0.05) is 19.3 Å². The minimum atomic E-state index is 0.255. The number of aromatic nitrogens is 1. The molecule has 1 heterocycles. The number of rotatable bonds is 4. The fourth-order valence-electron chi connectivity index (χ4n) is 2.34. The van der Waals surface area contributed by atoms with Crippen molar-refractivity contribution in [3.05, 3.63) is 16.1 Å². The summed E-state index contributed by atoms with van der Waals surface area (Å²) in [6, 6.07) is 0. The first-order valence-corrected chi connectivity index (χ1v) is 7.26. The first-order valence-electron chi connectivity index (χ1n) is 6.45. The van der Waals surface area contributed by atoms with Gasteiger partial charge in [-0.05, 0) is 19.8 Å². The fraction of sp³-hybridized carbons (Fsp3) is 0.692. The minimum Gasteiger partial charge on any atom is -0.356 e. The van der Waals surface area contributed by atoms with Crippen molar-refractivity contribution < 1.29 is 4.79 Å². The fourth-order valence-corrected chi connectivity index (χ4v) is 3.13. The topological polar surface area (TPSA) is 42.0 Å². The summed E-state index contributed by atoms with van der Waals surface area (Å²) in [5, 5.41) is 4.15. The van der Waals surface area contributed by atoms with Crippen LogP contribution in [-0.2, 0) is 11.2 Å². The maximum absolute atomic E-state index is 11.9. The zero-order valence-corrected chi connectivity index (χ0v) is 11.2. The first-order chi connectivity index (χ1) is 8.25. The highest BCUT2D eigenvalue weighted by Gasteiger charge is 2.20. The summed E-state index contributed by atoms with van der Waals surface area (Å²) >= 11 is 1.71. The molecule has 94 valence electrons. The lowest BCUT2D eigenvalue weighted by Gasteiger charge is -2.20. The Morgan fingerprint density at radius 3 is 2.88 bits per heavy atom. The van der Waals surface area contributed by atoms with Gasteiger partial charge in [-0.25, -0.2) is 4.98 Å². The van der Waals surface area contributed by atoms with Crippen LogP contribution < -0.4 is 5.32 Å². The summed E-state index contributed by atoms with van der Waals surface area (Å²) in [5.74, 6) is 0.526. The number of nitrogens with zero attached hydrogens (tertiary/aromatic N) is 1. The van der Waals surface area contributed by atoms with Gasteiger partial charge in [-0.15, -0.1) is 11.3 Å². The van der Waals surface area contributed by atoms with Gasteiger partial charge in [-0.3, -0.25) is 4.79 Å².